The van der Waals surface area contributed by atoms with E-state index in [9.17, 15) is 4.79 Å². The third kappa shape index (κ3) is 1.89. The van der Waals surface area contributed by atoms with Gasteiger partial charge in [0.05, 0.1) is 12.6 Å². The van der Waals surface area contributed by atoms with Crippen LogP contribution in [0.15, 0.2) is 18.2 Å². The fourth-order valence-corrected chi connectivity index (χ4v) is 4.18. The lowest BCUT2D eigenvalue weighted by Crippen LogP contribution is -2.43. The molecule has 4 nitrogen and oxygen atoms in total. The number of rotatable bonds is 2. The summed E-state index contributed by atoms with van der Waals surface area (Å²) in [4.78, 5) is 13.6. The van der Waals surface area contributed by atoms with Gasteiger partial charge in [-0.3, -0.25) is 9.69 Å². The molecule has 4 heteroatoms. The smallest absolute Gasteiger partial charge is 0.231 e. The number of nitrogens with zero attached hydrogens (tertiary/aromatic N) is 2. The van der Waals surface area contributed by atoms with Crippen LogP contribution in [0.25, 0.3) is 10.9 Å². The van der Waals surface area contributed by atoms with Crippen LogP contribution in [0.2, 0.25) is 0 Å². The van der Waals surface area contributed by atoms with E-state index in [1.54, 1.807) is 0 Å². The standard InChI is InChI=1S/C17H21N3O/c1-11-5-6-14-13(9-11)12-3-2-4-15-17(12)20(14)8-7-19(15)10-16(18)21/h5-6,9,15H,2-4,7-8,10H2,1H3,(H2,18,21)/t15-/m1/s1. The molecule has 1 atom stereocenters. The minimum Gasteiger partial charge on any atom is -0.369 e. The van der Waals surface area contributed by atoms with Gasteiger partial charge in [-0.05, 0) is 43.9 Å². The molecule has 1 aliphatic heterocycles. The van der Waals surface area contributed by atoms with Crippen LogP contribution < -0.4 is 5.73 Å². The Morgan fingerprint density at radius 2 is 2.24 bits per heavy atom. The van der Waals surface area contributed by atoms with Crippen molar-refractivity contribution < 1.29 is 4.79 Å². The molecule has 2 aliphatic rings. The summed E-state index contributed by atoms with van der Waals surface area (Å²) in [5.74, 6) is -0.220. The van der Waals surface area contributed by atoms with Gasteiger partial charge in [-0.15, -0.1) is 0 Å². The zero-order chi connectivity index (χ0) is 14.6. The van der Waals surface area contributed by atoms with Crippen LogP contribution >= 0.6 is 0 Å². The van der Waals surface area contributed by atoms with Crippen molar-refractivity contribution in [3.8, 4) is 0 Å². The van der Waals surface area contributed by atoms with E-state index < -0.39 is 0 Å². The van der Waals surface area contributed by atoms with Gasteiger partial charge in [0, 0.05) is 29.7 Å². The summed E-state index contributed by atoms with van der Waals surface area (Å²) in [6.45, 7) is 4.41. The summed E-state index contributed by atoms with van der Waals surface area (Å²) in [6, 6.07) is 7.13. The maximum Gasteiger partial charge on any atom is 0.231 e. The summed E-state index contributed by atoms with van der Waals surface area (Å²) in [6.07, 6.45) is 3.48. The number of nitrogens with two attached hydrogens (primary N) is 1. The quantitative estimate of drug-likeness (QED) is 0.918. The van der Waals surface area contributed by atoms with E-state index >= 15 is 0 Å². The van der Waals surface area contributed by atoms with E-state index in [-0.39, 0.29) is 5.91 Å². The molecule has 0 radical (unpaired) electrons. The molecule has 0 spiro atoms. The molecule has 21 heavy (non-hydrogen) atoms. The van der Waals surface area contributed by atoms with Gasteiger partial charge in [0.25, 0.3) is 0 Å². The predicted molar refractivity (Wildman–Crippen MR) is 83.1 cm³/mol. The normalized spacial score (nSPS) is 21.5. The second-order valence-electron chi connectivity index (χ2n) is 6.38. The maximum atomic E-state index is 11.3. The van der Waals surface area contributed by atoms with E-state index in [0.29, 0.717) is 12.6 Å². The fourth-order valence-electron chi connectivity index (χ4n) is 4.18. The lowest BCUT2D eigenvalue weighted by molar-refractivity contribution is -0.120. The topological polar surface area (TPSA) is 51.3 Å². The van der Waals surface area contributed by atoms with E-state index in [0.717, 1.165) is 25.9 Å². The molecule has 0 saturated carbocycles. The first-order valence-corrected chi connectivity index (χ1v) is 7.79. The number of carbonyl (C=O) groups excluding carboxylic acids is 1. The lowest BCUT2D eigenvalue weighted by atomic mass is 9.89. The maximum absolute atomic E-state index is 11.3. The minimum atomic E-state index is -0.220. The zero-order valence-corrected chi connectivity index (χ0v) is 12.4. The summed E-state index contributed by atoms with van der Waals surface area (Å²) in [7, 11) is 0. The molecule has 1 aromatic heterocycles. The number of aryl methyl sites for hydroxylation is 2. The number of benzene rings is 1. The number of fused-ring (bicyclic) bond motifs is 3. The highest BCUT2D eigenvalue weighted by molar-refractivity contribution is 5.87. The lowest BCUT2D eigenvalue weighted by Gasteiger charge is -2.39. The van der Waals surface area contributed by atoms with Crippen LogP contribution in [-0.4, -0.2) is 28.5 Å². The molecular weight excluding hydrogens is 262 g/mol. The van der Waals surface area contributed by atoms with Crippen LogP contribution in [0.4, 0.5) is 0 Å². The van der Waals surface area contributed by atoms with Crippen LogP contribution in [0, 0.1) is 6.92 Å². The number of hydrogen-bond acceptors (Lipinski definition) is 2. The SMILES string of the molecule is Cc1ccc2c(c1)c1c3n2CCN(CC(N)=O)[C@@H]3CCC1. The molecule has 110 valence electrons. The van der Waals surface area contributed by atoms with Crippen molar-refractivity contribution in [2.45, 2.75) is 38.8 Å². The van der Waals surface area contributed by atoms with Gasteiger partial charge in [-0.25, -0.2) is 0 Å². The Morgan fingerprint density at radius 3 is 3.05 bits per heavy atom. The van der Waals surface area contributed by atoms with Crippen molar-refractivity contribution in [1.29, 1.82) is 0 Å². The predicted octanol–water partition coefficient (Wildman–Crippen LogP) is 2.13. The Labute approximate surface area is 124 Å². The summed E-state index contributed by atoms with van der Waals surface area (Å²) < 4.78 is 2.48. The summed E-state index contributed by atoms with van der Waals surface area (Å²) >= 11 is 0. The van der Waals surface area contributed by atoms with Gasteiger partial charge in [0.2, 0.25) is 5.91 Å². The molecule has 0 unspecified atom stereocenters. The number of carbonyl (C=O) groups is 1. The van der Waals surface area contributed by atoms with Crippen LogP contribution in [0.5, 0.6) is 0 Å². The van der Waals surface area contributed by atoms with Crippen molar-refractivity contribution >= 4 is 16.8 Å². The van der Waals surface area contributed by atoms with Crippen molar-refractivity contribution in [2.24, 2.45) is 5.73 Å². The second kappa shape index (κ2) is 4.60. The first-order valence-electron chi connectivity index (χ1n) is 7.79. The Kier molecular flexibility index (Phi) is 2.82. The molecule has 2 aromatic rings. The average Bonchev–Trinajstić information content (AvgIpc) is 2.77. The first-order chi connectivity index (χ1) is 10.1. The molecule has 1 aromatic carbocycles. The van der Waals surface area contributed by atoms with Crippen molar-refractivity contribution in [3.63, 3.8) is 0 Å². The fraction of sp³-hybridized carbons (Fsp3) is 0.471. The summed E-state index contributed by atoms with van der Waals surface area (Å²) in [5.41, 5.74) is 11.0. The van der Waals surface area contributed by atoms with Crippen LogP contribution in [-0.2, 0) is 17.8 Å². The van der Waals surface area contributed by atoms with Crippen molar-refractivity contribution in [2.75, 3.05) is 13.1 Å². The molecule has 4 rings (SSSR count). The molecule has 2 heterocycles. The highest BCUT2D eigenvalue weighted by Gasteiger charge is 2.35. The van der Waals surface area contributed by atoms with Gasteiger partial charge in [-0.2, -0.15) is 0 Å². The Hall–Kier alpha value is -1.81. The number of hydrogen-bond donors (Lipinski definition) is 1. The van der Waals surface area contributed by atoms with Gasteiger partial charge >= 0.3 is 0 Å². The average molecular weight is 283 g/mol. The number of amides is 1. The Balaban J connectivity index is 1.90. The molecule has 1 amide bonds. The molecule has 1 aliphatic carbocycles. The number of primary amides is 1. The monoisotopic (exact) mass is 283 g/mol. The zero-order valence-electron chi connectivity index (χ0n) is 12.4. The van der Waals surface area contributed by atoms with Gasteiger partial charge in [-0.1, -0.05) is 11.6 Å². The highest BCUT2D eigenvalue weighted by Crippen LogP contribution is 2.42. The third-order valence-electron chi connectivity index (χ3n) is 5.00. The van der Waals surface area contributed by atoms with Crippen molar-refractivity contribution in [3.05, 3.63) is 35.0 Å². The van der Waals surface area contributed by atoms with Crippen molar-refractivity contribution in [1.82, 2.24) is 9.47 Å². The summed E-state index contributed by atoms with van der Waals surface area (Å²) in [5, 5.41) is 1.41. The molecule has 0 saturated heterocycles. The van der Waals surface area contributed by atoms with Gasteiger partial charge in [0.1, 0.15) is 0 Å². The highest BCUT2D eigenvalue weighted by atomic mass is 16.1. The van der Waals surface area contributed by atoms with Crippen LogP contribution in [0.3, 0.4) is 0 Å². The largest absolute Gasteiger partial charge is 0.369 e. The Morgan fingerprint density at radius 1 is 1.38 bits per heavy atom. The first kappa shape index (κ1) is 12.9. The Bertz CT molecular complexity index is 731. The third-order valence-corrected chi connectivity index (χ3v) is 5.00. The van der Waals surface area contributed by atoms with E-state index in [2.05, 4.69) is 34.6 Å². The van der Waals surface area contributed by atoms with Crippen LogP contribution in [0.1, 0.15) is 35.7 Å². The van der Waals surface area contributed by atoms with Gasteiger partial charge in [0.15, 0.2) is 0 Å². The van der Waals surface area contributed by atoms with E-state index in [4.69, 9.17) is 5.73 Å². The minimum absolute atomic E-state index is 0.220. The second-order valence-corrected chi connectivity index (χ2v) is 6.38. The molecule has 0 bridgehead atoms. The van der Waals surface area contributed by atoms with E-state index in [1.165, 1.54) is 34.1 Å². The van der Waals surface area contributed by atoms with Gasteiger partial charge < -0.3 is 10.3 Å². The van der Waals surface area contributed by atoms with E-state index in [1.807, 2.05) is 0 Å². The molecule has 2 N–H and O–H groups in total. The molecular formula is C17H21N3O. The molecule has 0 fully saturated rings. The number of aromatic nitrogens is 1.